The number of nitrogens with one attached hydrogen (secondary N) is 1. The number of amides is 1. The molecule has 1 amide bonds. The van der Waals surface area contributed by atoms with Crippen LogP contribution < -0.4 is 10.1 Å². The summed E-state index contributed by atoms with van der Waals surface area (Å²) in [6.07, 6.45) is 1.49. The molecule has 0 aromatic heterocycles. The second kappa shape index (κ2) is 6.75. The van der Waals surface area contributed by atoms with E-state index in [9.17, 15) is 4.79 Å². The summed E-state index contributed by atoms with van der Waals surface area (Å²) in [5.41, 5.74) is 2.25. The first-order valence-corrected chi connectivity index (χ1v) is 7.18. The Morgan fingerprint density at radius 3 is 2.90 bits per heavy atom. The van der Waals surface area contributed by atoms with Gasteiger partial charge in [0, 0.05) is 18.7 Å². The van der Waals surface area contributed by atoms with Gasteiger partial charge in [-0.05, 0) is 30.4 Å². The molecule has 0 spiro atoms. The monoisotopic (exact) mass is 277 g/mol. The van der Waals surface area contributed by atoms with Gasteiger partial charge in [-0.2, -0.15) is 0 Å². The first kappa shape index (κ1) is 14.9. The van der Waals surface area contributed by atoms with Crippen LogP contribution in [0.1, 0.15) is 43.7 Å². The number of methoxy groups -OCH3 is 1. The van der Waals surface area contributed by atoms with E-state index in [1.165, 1.54) is 5.56 Å². The van der Waals surface area contributed by atoms with E-state index in [4.69, 9.17) is 9.47 Å². The van der Waals surface area contributed by atoms with Gasteiger partial charge in [-0.1, -0.05) is 26.0 Å². The molecule has 110 valence electrons. The van der Waals surface area contributed by atoms with Crippen molar-refractivity contribution in [2.45, 2.75) is 45.3 Å². The van der Waals surface area contributed by atoms with E-state index in [0.29, 0.717) is 19.1 Å². The second-order valence-electron chi connectivity index (χ2n) is 5.45. The van der Waals surface area contributed by atoms with Crippen molar-refractivity contribution in [1.29, 1.82) is 0 Å². The van der Waals surface area contributed by atoms with Gasteiger partial charge in [0.2, 0.25) is 5.91 Å². The summed E-state index contributed by atoms with van der Waals surface area (Å²) in [5, 5.41) is 2.94. The Morgan fingerprint density at radius 1 is 1.50 bits per heavy atom. The average Bonchev–Trinajstić information content (AvgIpc) is 2.98. The molecule has 1 aliphatic rings. The SMILES string of the molecule is COc1ccc(C(C)C)cc1CNC(=O)C1CCCO1. The minimum absolute atomic E-state index is 0.0282. The average molecular weight is 277 g/mol. The fourth-order valence-electron chi connectivity index (χ4n) is 2.38. The third-order valence-corrected chi connectivity index (χ3v) is 3.65. The number of rotatable bonds is 5. The predicted octanol–water partition coefficient (Wildman–Crippen LogP) is 2.61. The lowest BCUT2D eigenvalue weighted by atomic mass is 10.00. The summed E-state index contributed by atoms with van der Waals surface area (Å²) in [7, 11) is 1.65. The first-order valence-electron chi connectivity index (χ1n) is 7.18. The Bertz CT molecular complexity index is 465. The van der Waals surface area contributed by atoms with Crippen molar-refractivity contribution in [1.82, 2.24) is 5.32 Å². The van der Waals surface area contributed by atoms with Crippen LogP contribution in [0.3, 0.4) is 0 Å². The lowest BCUT2D eigenvalue weighted by molar-refractivity contribution is -0.130. The van der Waals surface area contributed by atoms with Crippen molar-refractivity contribution in [3.63, 3.8) is 0 Å². The Labute approximate surface area is 120 Å². The molecule has 1 unspecified atom stereocenters. The summed E-state index contributed by atoms with van der Waals surface area (Å²) >= 11 is 0. The van der Waals surface area contributed by atoms with Gasteiger partial charge in [0.15, 0.2) is 0 Å². The lowest BCUT2D eigenvalue weighted by Gasteiger charge is -2.15. The molecule has 2 rings (SSSR count). The van der Waals surface area contributed by atoms with Crippen molar-refractivity contribution >= 4 is 5.91 Å². The maximum Gasteiger partial charge on any atom is 0.249 e. The fourth-order valence-corrected chi connectivity index (χ4v) is 2.38. The van der Waals surface area contributed by atoms with Crippen molar-refractivity contribution < 1.29 is 14.3 Å². The fraction of sp³-hybridized carbons (Fsp3) is 0.562. The number of ether oxygens (including phenoxy) is 2. The van der Waals surface area contributed by atoms with Crippen molar-refractivity contribution in [2.75, 3.05) is 13.7 Å². The van der Waals surface area contributed by atoms with E-state index in [2.05, 4.69) is 31.3 Å². The highest BCUT2D eigenvalue weighted by Gasteiger charge is 2.23. The van der Waals surface area contributed by atoms with Gasteiger partial charge in [0.05, 0.1) is 7.11 Å². The minimum atomic E-state index is -0.283. The standard InChI is InChI=1S/C16H23NO3/c1-11(2)12-6-7-14(19-3)13(9-12)10-17-16(18)15-5-4-8-20-15/h6-7,9,11,15H,4-5,8,10H2,1-3H3,(H,17,18). The van der Waals surface area contributed by atoms with Gasteiger partial charge in [-0.15, -0.1) is 0 Å². The molecule has 1 aromatic carbocycles. The summed E-state index contributed by atoms with van der Waals surface area (Å²) < 4.78 is 10.7. The molecule has 20 heavy (non-hydrogen) atoms. The highest BCUT2D eigenvalue weighted by atomic mass is 16.5. The number of benzene rings is 1. The summed E-state index contributed by atoms with van der Waals surface area (Å²) in [6.45, 7) is 5.46. The molecule has 1 aromatic rings. The van der Waals surface area contributed by atoms with E-state index >= 15 is 0 Å². The van der Waals surface area contributed by atoms with E-state index in [-0.39, 0.29) is 12.0 Å². The van der Waals surface area contributed by atoms with Crippen LogP contribution in [0, 0.1) is 0 Å². The van der Waals surface area contributed by atoms with Gasteiger partial charge >= 0.3 is 0 Å². The third kappa shape index (κ3) is 3.51. The number of hydrogen-bond donors (Lipinski definition) is 1. The summed E-state index contributed by atoms with van der Waals surface area (Å²) in [6, 6.07) is 6.12. The van der Waals surface area contributed by atoms with Crippen molar-refractivity contribution in [2.24, 2.45) is 0 Å². The molecule has 0 radical (unpaired) electrons. The smallest absolute Gasteiger partial charge is 0.249 e. The number of carbonyl (C=O) groups excluding carboxylic acids is 1. The van der Waals surface area contributed by atoms with Crippen LogP contribution >= 0.6 is 0 Å². The summed E-state index contributed by atoms with van der Waals surface area (Å²) in [4.78, 5) is 12.0. The molecule has 1 atom stereocenters. The van der Waals surface area contributed by atoms with Crippen LogP contribution in [-0.2, 0) is 16.1 Å². The normalized spacial score (nSPS) is 18.3. The topological polar surface area (TPSA) is 47.6 Å². The quantitative estimate of drug-likeness (QED) is 0.900. The zero-order valence-corrected chi connectivity index (χ0v) is 12.4. The zero-order chi connectivity index (χ0) is 14.5. The maximum atomic E-state index is 12.0. The number of hydrogen-bond acceptors (Lipinski definition) is 3. The number of carbonyl (C=O) groups is 1. The second-order valence-corrected chi connectivity index (χ2v) is 5.45. The molecule has 1 N–H and O–H groups in total. The Morgan fingerprint density at radius 2 is 2.30 bits per heavy atom. The molecule has 1 heterocycles. The molecular formula is C16H23NO3. The Kier molecular flexibility index (Phi) is 5.01. The molecular weight excluding hydrogens is 254 g/mol. The molecule has 0 saturated carbocycles. The molecule has 4 heteroatoms. The van der Waals surface area contributed by atoms with E-state index in [0.717, 1.165) is 24.2 Å². The van der Waals surface area contributed by atoms with Crippen LogP contribution in [0.2, 0.25) is 0 Å². The third-order valence-electron chi connectivity index (χ3n) is 3.65. The molecule has 0 aliphatic carbocycles. The van der Waals surface area contributed by atoms with Gasteiger partial charge < -0.3 is 14.8 Å². The van der Waals surface area contributed by atoms with Gasteiger partial charge in [0.25, 0.3) is 0 Å². The molecule has 1 saturated heterocycles. The minimum Gasteiger partial charge on any atom is -0.496 e. The molecule has 0 bridgehead atoms. The van der Waals surface area contributed by atoms with E-state index in [1.54, 1.807) is 7.11 Å². The Hall–Kier alpha value is -1.55. The summed E-state index contributed by atoms with van der Waals surface area (Å²) in [5.74, 6) is 1.23. The molecule has 1 fully saturated rings. The van der Waals surface area contributed by atoms with Crippen LogP contribution in [0.25, 0.3) is 0 Å². The van der Waals surface area contributed by atoms with Crippen molar-refractivity contribution in [3.05, 3.63) is 29.3 Å². The Balaban J connectivity index is 2.03. The maximum absolute atomic E-state index is 12.0. The van der Waals surface area contributed by atoms with Gasteiger partial charge in [-0.3, -0.25) is 4.79 Å². The lowest BCUT2D eigenvalue weighted by Crippen LogP contribution is -2.33. The van der Waals surface area contributed by atoms with Gasteiger partial charge in [-0.25, -0.2) is 0 Å². The zero-order valence-electron chi connectivity index (χ0n) is 12.4. The molecule has 1 aliphatic heterocycles. The van der Waals surface area contributed by atoms with Crippen LogP contribution in [0.4, 0.5) is 0 Å². The highest BCUT2D eigenvalue weighted by Crippen LogP contribution is 2.24. The highest BCUT2D eigenvalue weighted by molar-refractivity contribution is 5.81. The van der Waals surface area contributed by atoms with Crippen molar-refractivity contribution in [3.8, 4) is 5.75 Å². The van der Waals surface area contributed by atoms with Crippen LogP contribution in [-0.4, -0.2) is 25.7 Å². The molecule has 4 nitrogen and oxygen atoms in total. The van der Waals surface area contributed by atoms with Gasteiger partial charge in [0.1, 0.15) is 11.9 Å². The van der Waals surface area contributed by atoms with E-state index < -0.39 is 0 Å². The largest absolute Gasteiger partial charge is 0.496 e. The first-order chi connectivity index (χ1) is 9.61. The predicted molar refractivity (Wildman–Crippen MR) is 77.9 cm³/mol. The van der Waals surface area contributed by atoms with E-state index in [1.807, 2.05) is 6.07 Å². The van der Waals surface area contributed by atoms with Crippen LogP contribution in [0.15, 0.2) is 18.2 Å². The van der Waals surface area contributed by atoms with Crippen LogP contribution in [0.5, 0.6) is 5.75 Å².